The van der Waals surface area contributed by atoms with Crippen LogP contribution in [0.3, 0.4) is 0 Å². The summed E-state index contributed by atoms with van der Waals surface area (Å²) in [5.41, 5.74) is -11.5. The predicted molar refractivity (Wildman–Crippen MR) is 367 cm³/mol. The fourth-order valence-corrected chi connectivity index (χ4v) is 16.1. The van der Waals surface area contributed by atoms with Gasteiger partial charge in [-0.25, -0.2) is 9.59 Å². The smallest absolute Gasteiger partial charge is 0.338 e. The number of alkyl halides is 1. The number of aliphatic hydroxyl groups excluding tert-OH is 3. The van der Waals surface area contributed by atoms with Gasteiger partial charge in [0.1, 0.15) is 35.6 Å². The van der Waals surface area contributed by atoms with Crippen molar-refractivity contribution in [1.82, 2.24) is 0 Å². The van der Waals surface area contributed by atoms with Crippen LogP contribution in [0.5, 0.6) is 0 Å². The number of Topliss-reactive ketones (excluding diaryl/α,β-unsaturated/α-hetero) is 2. The number of rotatable bonds is 17. The fourth-order valence-electron chi connectivity index (χ4n) is 15.2. The summed E-state index contributed by atoms with van der Waals surface area (Å²) in [6, 6.07) is 16.2. The molecule has 0 amide bonds. The number of ketones is 2. The quantitative estimate of drug-likeness (QED) is 0.0247. The second-order valence-corrected chi connectivity index (χ2v) is 28.7. The van der Waals surface area contributed by atoms with E-state index in [4.69, 9.17) is 50.1 Å². The van der Waals surface area contributed by atoms with E-state index in [0.717, 1.165) is 6.92 Å². The monoisotopic (exact) mass is 1500 g/mol. The molecular formula is C68H89IO21S4. The molecule has 2 aromatic carbocycles. The van der Waals surface area contributed by atoms with Crippen molar-refractivity contribution in [3.05, 3.63) is 95.1 Å². The molecule has 2 unspecified atom stereocenters. The third-order valence-electron chi connectivity index (χ3n) is 19.9. The van der Waals surface area contributed by atoms with E-state index in [2.05, 4.69) is 47.0 Å². The molecule has 2 saturated carbocycles. The highest BCUT2D eigenvalue weighted by Crippen LogP contribution is 2.64. The first-order valence-electron chi connectivity index (χ1n) is 30.6. The third kappa shape index (κ3) is 15.4. The van der Waals surface area contributed by atoms with Crippen molar-refractivity contribution in [3.8, 4) is 0 Å². The number of carbonyl (C=O) groups excluding carboxylic acids is 8. The van der Waals surface area contributed by atoms with Gasteiger partial charge < -0.3 is 63.4 Å². The SMILES string of the molecule is CC(=O)O[C@H](C)C(=O)[C@@]1(C)[C@H]([C@H](OC(=O)c2ccccc2)[C@]2(O)CC(O)C(C)=CC2(C)C)[C@]2(OC(C)=O)CO[C@@H]2C[C@@H]1O.CI.CSC(=S)[C@H]1C[C@H]2OC[C@@]2(OC(C)=O)[C@@H]([C@H](OC(=O)c2ccccc2)[C@]2(O)CC(O)C(C)=CC2(C)C)[C@]1(C)C(=O)[C@@H](C)OC(C)=O.S=C=S. The minimum atomic E-state index is -2.06. The molecule has 21 nitrogen and oxygen atoms in total. The Morgan fingerprint density at radius 3 is 1.24 bits per heavy atom. The summed E-state index contributed by atoms with van der Waals surface area (Å²) in [7, 11) is 0. The molecule has 518 valence electrons. The van der Waals surface area contributed by atoms with Gasteiger partial charge in [-0.2, -0.15) is 0 Å². The normalized spacial score (nSPS) is 33.5. The highest BCUT2D eigenvalue weighted by atomic mass is 127. The van der Waals surface area contributed by atoms with E-state index in [0.29, 0.717) is 15.3 Å². The standard InChI is InChI=1S/C34H44O10S2.C32H42O11.CH3I.CS2/c1-18-15-31(5,6)34(40,16-24(18)37)28(43-29(39)22-12-10-9-11-13-22)26-32(7,27(38)19(2)42-20(3)35)23(30(45)46-8)14-25-33(26,17-41-25)44-21(4)36;1-17-14-29(5,6)32(39,15-22(17)35)27(42-28(38)21-11-9-8-10-12-21)25-30(7,26(37)18(2)41-19(3)33)23(36)13-24-31(25,16-40-24)43-20(4)34;1-2;2-1-3/h9-13,15,19,23-26,28,37,40H,14,16-17H2,1-8H3;8-12,14,18,22-25,27,35-36,39H,13,15-16H2,1-7H3;1H3;/t19-,23-,24?,25-,26+,28+,32-,33+,34-;18-,22?,23+,24-,25+,27+,30-,31+,32-;;/m11../s1. The summed E-state index contributed by atoms with van der Waals surface area (Å²) in [6.45, 7) is 20.7. The Morgan fingerprint density at radius 1 is 0.585 bits per heavy atom. The Balaban J connectivity index is 0.000000319. The number of ether oxygens (including phenoxy) is 8. The number of thiocarbonyl (C=S) groups is 3. The zero-order valence-corrected chi connectivity index (χ0v) is 61.3. The number of thioether (sulfide) groups is 1. The number of benzene rings is 2. The van der Waals surface area contributed by atoms with E-state index in [1.54, 1.807) is 115 Å². The maximum absolute atomic E-state index is 14.8. The Hall–Kier alpha value is -4.81. The minimum absolute atomic E-state index is 0.123. The lowest BCUT2D eigenvalue weighted by atomic mass is 9.46. The highest BCUT2D eigenvalue weighted by molar-refractivity contribution is 14.1. The molecule has 8 rings (SSSR count). The first kappa shape index (κ1) is 79.9. The van der Waals surface area contributed by atoms with Crippen LogP contribution in [-0.4, -0.2) is 183 Å². The number of carbonyl (C=O) groups is 8. The predicted octanol–water partition coefficient (Wildman–Crippen LogP) is 8.59. The molecule has 4 aliphatic carbocycles. The van der Waals surface area contributed by atoms with E-state index >= 15 is 0 Å². The molecule has 6 aliphatic rings. The summed E-state index contributed by atoms with van der Waals surface area (Å²) < 4.78 is 49.5. The van der Waals surface area contributed by atoms with Crippen LogP contribution in [0.25, 0.3) is 0 Å². The van der Waals surface area contributed by atoms with Crippen LogP contribution in [0.2, 0.25) is 0 Å². The molecule has 18 atom stereocenters. The lowest BCUT2D eigenvalue weighted by Gasteiger charge is -2.66. The van der Waals surface area contributed by atoms with E-state index in [1.807, 2.05) is 9.24 Å². The van der Waals surface area contributed by atoms with Crippen LogP contribution < -0.4 is 0 Å². The first-order chi connectivity index (χ1) is 43.7. The zero-order chi connectivity index (χ0) is 71.2. The van der Waals surface area contributed by atoms with Crippen LogP contribution in [0, 0.1) is 39.4 Å². The second kappa shape index (κ2) is 31.4. The van der Waals surface area contributed by atoms with Gasteiger partial charge in [0.15, 0.2) is 35.0 Å². The largest absolute Gasteiger partial charge is 0.455 e. The van der Waals surface area contributed by atoms with Gasteiger partial charge in [-0.05, 0) is 112 Å². The summed E-state index contributed by atoms with van der Waals surface area (Å²) in [4.78, 5) is 108. The van der Waals surface area contributed by atoms with Crippen LogP contribution in [0.1, 0.15) is 143 Å². The zero-order valence-electron chi connectivity index (χ0n) is 55.9. The average Bonchev–Trinajstić information content (AvgIpc) is 0.688. The maximum atomic E-state index is 14.8. The Bertz CT molecular complexity index is 3260. The van der Waals surface area contributed by atoms with Crippen LogP contribution in [-0.2, 0) is 66.7 Å². The van der Waals surface area contributed by atoms with Gasteiger partial charge in [-0.1, -0.05) is 118 Å². The van der Waals surface area contributed by atoms with Gasteiger partial charge in [0, 0.05) is 73.4 Å². The van der Waals surface area contributed by atoms with Crippen molar-refractivity contribution in [2.45, 2.75) is 200 Å². The molecule has 2 aliphatic heterocycles. The Labute approximate surface area is 583 Å². The molecule has 94 heavy (non-hydrogen) atoms. The molecule has 0 spiro atoms. The lowest BCUT2D eigenvalue weighted by molar-refractivity contribution is -0.343. The topological polar surface area (TPSA) is 312 Å². The summed E-state index contributed by atoms with van der Waals surface area (Å²) in [5.74, 6) is -9.08. The maximum Gasteiger partial charge on any atom is 0.338 e. The third-order valence-corrected chi connectivity index (χ3v) is 21.4. The molecular weight excluding hydrogens is 1410 g/mol. The Kier molecular flexibility index (Phi) is 26.7. The van der Waals surface area contributed by atoms with Crippen molar-refractivity contribution in [2.24, 2.45) is 39.4 Å². The molecule has 0 aromatic heterocycles. The van der Waals surface area contributed by atoms with Gasteiger partial charge >= 0.3 is 35.8 Å². The van der Waals surface area contributed by atoms with Crippen molar-refractivity contribution in [1.29, 1.82) is 0 Å². The fraction of sp³-hybridized carbons (Fsp3) is 0.618. The van der Waals surface area contributed by atoms with Gasteiger partial charge in [0.05, 0.1) is 64.1 Å². The van der Waals surface area contributed by atoms with Gasteiger partial charge in [0.25, 0.3) is 0 Å². The summed E-state index contributed by atoms with van der Waals surface area (Å²) in [5, 5.41) is 59.5. The van der Waals surface area contributed by atoms with E-state index in [-0.39, 0.29) is 50.0 Å². The number of hydrogen-bond donors (Lipinski definition) is 5. The molecule has 0 bridgehead atoms. The molecule has 5 N–H and O–H groups in total. The highest BCUT2D eigenvalue weighted by Gasteiger charge is 2.78. The molecule has 2 heterocycles. The lowest BCUT2D eigenvalue weighted by Crippen LogP contribution is -2.80. The molecule has 26 heteroatoms. The van der Waals surface area contributed by atoms with Crippen LogP contribution in [0.4, 0.5) is 0 Å². The Morgan fingerprint density at radius 2 is 0.926 bits per heavy atom. The second-order valence-electron chi connectivity index (χ2n) is 26.5. The number of aliphatic hydroxyl groups is 5. The molecule has 2 aromatic rings. The number of hydrogen-bond acceptors (Lipinski definition) is 25. The number of fused-ring (bicyclic) bond motifs is 2. The van der Waals surface area contributed by atoms with Gasteiger partial charge in [-0.3, -0.25) is 28.8 Å². The number of halogens is 1. The molecule has 4 fully saturated rings. The van der Waals surface area contributed by atoms with Crippen molar-refractivity contribution in [3.63, 3.8) is 0 Å². The van der Waals surface area contributed by atoms with Crippen molar-refractivity contribution >= 4 is 127 Å². The summed E-state index contributed by atoms with van der Waals surface area (Å²) >= 11 is 17.2. The van der Waals surface area contributed by atoms with E-state index < -0.39 is 164 Å². The summed E-state index contributed by atoms with van der Waals surface area (Å²) in [6.07, 6.45) is -6.50. The average molecular weight is 1500 g/mol. The number of esters is 6. The molecule has 0 radical (unpaired) electrons. The van der Waals surface area contributed by atoms with Crippen LogP contribution in [0.15, 0.2) is 84.0 Å². The van der Waals surface area contributed by atoms with Gasteiger partial charge in [-0.15, -0.1) is 11.8 Å². The molecule has 2 saturated heterocycles. The van der Waals surface area contributed by atoms with E-state index in [9.17, 15) is 63.9 Å². The van der Waals surface area contributed by atoms with E-state index in [1.165, 1.54) is 65.4 Å². The van der Waals surface area contributed by atoms with Crippen molar-refractivity contribution < 1.29 is 102 Å². The van der Waals surface area contributed by atoms with Crippen molar-refractivity contribution in [2.75, 3.05) is 24.4 Å². The first-order valence-corrected chi connectivity index (χ1v) is 35.2. The van der Waals surface area contributed by atoms with Crippen LogP contribution >= 0.6 is 71.0 Å². The minimum Gasteiger partial charge on any atom is -0.455 e. The van der Waals surface area contributed by atoms with Gasteiger partial charge in [0.2, 0.25) is 0 Å².